The zero-order valence-corrected chi connectivity index (χ0v) is 11.8. The number of carbonyl (C=O) groups is 2. The average Bonchev–Trinajstić information content (AvgIpc) is 2.80. The molecule has 0 spiro atoms. The summed E-state index contributed by atoms with van der Waals surface area (Å²) < 4.78 is 0. The minimum absolute atomic E-state index is 0.0507. The van der Waals surface area contributed by atoms with E-state index < -0.39 is 0 Å². The molecule has 7 nitrogen and oxygen atoms in total. The maximum atomic E-state index is 12.2. The number of aromatic amines is 1. The summed E-state index contributed by atoms with van der Waals surface area (Å²) in [6.07, 6.45) is 1.71. The first kappa shape index (κ1) is 13.8. The number of likely N-dealkylation sites (N-methyl/N-ethyl adjacent to an activating group) is 1. The van der Waals surface area contributed by atoms with Gasteiger partial charge in [0.15, 0.2) is 0 Å². The van der Waals surface area contributed by atoms with Crippen LogP contribution in [0.15, 0.2) is 23.1 Å². The molecule has 1 aromatic heterocycles. The number of H-pyrrole nitrogens is 1. The molecule has 1 unspecified atom stereocenters. The number of rotatable bonds is 3. The Labute approximate surface area is 121 Å². The van der Waals surface area contributed by atoms with Crippen molar-refractivity contribution in [1.29, 1.82) is 0 Å². The fraction of sp³-hybridized carbons (Fsp3) is 0.500. The molecule has 1 atom stereocenters. The molecule has 2 aliphatic rings. The van der Waals surface area contributed by atoms with Gasteiger partial charge in [-0.05, 0) is 13.1 Å². The van der Waals surface area contributed by atoms with Gasteiger partial charge >= 0.3 is 0 Å². The summed E-state index contributed by atoms with van der Waals surface area (Å²) in [4.78, 5) is 41.6. The molecule has 7 heteroatoms. The lowest BCUT2D eigenvalue weighted by Gasteiger charge is -2.42. The van der Waals surface area contributed by atoms with Gasteiger partial charge in [0.2, 0.25) is 17.4 Å². The molecule has 112 valence electrons. The van der Waals surface area contributed by atoms with Crippen LogP contribution in [0, 0.1) is 5.92 Å². The predicted octanol–water partition coefficient (Wildman–Crippen LogP) is -0.524. The Bertz CT molecular complexity index is 600. The standard InChI is InChI=1S/C14H18N4O3/c1-17-7-11(8-17)18-6-9(4-13(18)20)14(21)16-10-2-3-12(19)15-5-10/h2-3,5,9,11H,4,6-8H2,1H3,(H,15,19)(H,16,21). The van der Waals surface area contributed by atoms with E-state index in [0.29, 0.717) is 12.2 Å². The van der Waals surface area contributed by atoms with Gasteiger partial charge in [-0.15, -0.1) is 0 Å². The van der Waals surface area contributed by atoms with Crippen LogP contribution >= 0.6 is 0 Å². The van der Waals surface area contributed by atoms with Crippen LogP contribution in [0.4, 0.5) is 5.69 Å². The number of aromatic nitrogens is 1. The largest absolute Gasteiger partial charge is 0.336 e. The first-order valence-corrected chi connectivity index (χ1v) is 7.00. The van der Waals surface area contributed by atoms with Crippen molar-refractivity contribution in [3.8, 4) is 0 Å². The van der Waals surface area contributed by atoms with Crippen molar-refractivity contribution >= 4 is 17.5 Å². The van der Waals surface area contributed by atoms with Crippen molar-refractivity contribution in [2.75, 3.05) is 32.0 Å². The summed E-state index contributed by atoms with van der Waals surface area (Å²) >= 11 is 0. The zero-order valence-electron chi connectivity index (χ0n) is 11.8. The molecule has 2 N–H and O–H groups in total. The van der Waals surface area contributed by atoms with Crippen LogP contribution in [0.5, 0.6) is 0 Å². The highest BCUT2D eigenvalue weighted by Gasteiger charge is 2.41. The number of hydrogen-bond acceptors (Lipinski definition) is 4. The van der Waals surface area contributed by atoms with Crippen molar-refractivity contribution < 1.29 is 9.59 Å². The highest BCUT2D eigenvalue weighted by atomic mass is 16.2. The fourth-order valence-corrected chi connectivity index (χ4v) is 2.86. The molecule has 0 radical (unpaired) electrons. The summed E-state index contributed by atoms with van der Waals surface area (Å²) in [5, 5.41) is 2.74. The van der Waals surface area contributed by atoms with Crippen LogP contribution in [-0.2, 0) is 9.59 Å². The minimum Gasteiger partial charge on any atom is -0.336 e. The van der Waals surface area contributed by atoms with Gasteiger partial charge in [-0.1, -0.05) is 0 Å². The molecule has 0 bridgehead atoms. The van der Waals surface area contributed by atoms with E-state index in [2.05, 4.69) is 15.2 Å². The SMILES string of the molecule is CN1CC(N2CC(C(=O)Nc3ccc(=O)[nH]c3)CC2=O)C1. The second kappa shape index (κ2) is 5.33. The van der Waals surface area contributed by atoms with Gasteiger partial charge in [-0.2, -0.15) is 0 Å². The van der Waals surface area contributed by atoms with E-state index in [1.54, 1.807) is 6.07 Å². The van der Waals surface area contributed by atoms with Crippen LogP contribution in [0.25, 0.3) is 0 Å². The van der Waals surface area contributed by atoms with Gasteiger partial charge in [0.25, 0.3) is 0 Å². The van der Waals surface area contributed by atoms with Gasteiger partial charge in [0, 0.05) is 38.3 Å². The lowest BCUT2D eigenvalue weighted by molar-refractivity contribution is -0.132. The molecular formula is C14H18N4O3. The summed E-state index contributed by atoms with van der Waals surface area (Å²) in [7, 11) is 2.01. The number of nitrogens with one attached hydrogen (secondary N) is 2. The van der Waals surface area contributed by atoms with E-state index in [1.807, 2.05) is 11.9 Å². The molecule has 2 amide bonds. The fourth-order valence-electron chi connectivity index (χ4n) is 2.86. The molecule has 1 aromatic rings. The summed E-state index contributed by atoms with van der Waals surface area (Å²) in [6, 6.07) is 3.14. The van der Waals surface area contributed by atoms with Gasteiger partial charge < -0.3 is 20.1 Å². The Kier molecular flexibility index (Phi) is 3.50. The molecule has 0 aliphatic carbocycles. The molecule has 3 heterocycles. The van der Waals surface area contributed by atoms with Gasteiger partial charge in [-0.3, -0.25) is 14.4 Å². The third-order valence-electron chi connectivity index (χ3n) is 4.07. The number of hydrogen-bond donors (Lipinski definition) is 2. The van der Waals surface area contributed by atoms with Gasteiger partial charge in [0.05, 0.1) is 17.6 Å². The van der Waals surface area contributed by atoms with E-state index in [-0.39, 0.29) is 35.8 Å². The Morgan fingerprint density at radius 1 is 1.29 bits per heavy atom. The Morgan fingerprint density at radius 3 is 2.67 bits per heavy atom. The van der Waals surface area contributed by atoms with Gasteiger partial charge in [0.1, 0.15) is 0 Å². The molecule has 0 saturated carbocycles. The Balaban J connectivity index is 1.59. The summed E-state index contributed by atoms with van der Waals surface area (Å²) in [5.41, 5.74) is 0.318. The maximum absolute atomic E-state index is 12.2. The second-order valence-electron chi connectivity index (χ2n) is 5.75. The maximum Gasteiger partial charge on any atom is 0.248 e. The van der Waals surface area contributed by atoms with E-state index in [4.69, 9.17) is 0 Å². The Morgan fingerprint density at radius 2 is 2.05 bits per heavy atom. The lowest BCUT2D eigenvalue weighted by atomic mass is 10.1. The molecule has 0 aromatic carbocycles. The molecule has 2 saturated heterocycles. The highest BCUT2D eigenvalue weighted by molar-refractivity contribution is 5.97. The Hall–Kier alpha value is -2.15. The normalized spacial score (nSPS) is 23.2. The quantitative estimate of drug-likeness (QED) is 0.784. The smallest absolute Gasteiger partial charge is 0.248 e. The number of carbonyl (C=O) groups excluding carboxylic acids is 2. The third kappa shape index (κ3) is 2.82. The van der Waals surface area contributed by atoms with Crippen LogP contribution in [0.2, 0.25) is 0 Å². The van der Waals surface area contributed by atoms with E-state index in [9.17, 15) is 14.4 Å². The van der Waals surface area contributed by atoms with Crippen LogP contribution in [-0.4, -0.2) is 59.3 Å². The number of amides is 2. The van der Waals surface area contributed by atoms with Crippen LogP contribution in [0.1, 0.15) is 6.42 Å². The highest BCUT2D eigenvalue weighted by Crippen LogP contribution is 2.25. The minimum atomic E-state index is -0.324. The first-order chi connectivity index (χ1) is 10.0. The summed E-state index contributed by atoms with van der Waals surface area (Å²) in [5.74, 6) is -0.448. The van der Waals surface area contributed by atoms with Crippen LogP contribution < -0.4 is 10.9 Å². The topological polar surface area (TPSA) is 85.5 Å². The number of likely N-dealkylation sites (tertiary alicyclic amines) is 2. The zero-order chi connectivity index (χ0) is 15.0. The molecule has 21 heavy (non-hydrogen) atoms. The van der Waals surface area contributed by atoms with Crippen molar-refractivity contribution in [2.24, 2.45) is 5.92 Å². The average molecular weight is 290 g/mol. The summed E-state index contributed by atoms with van der Waals surface area (Å²) in [6.45, 7) is 2.23. The number of nitrogens with zero attached hydrogens (tertiary/aromatic N) is 2. The molecular weight excluding hydrogens is 272 g/mol. The number of anilines is 1. The second-order valence-corrected chi connectivity index (χ2v) is 5.75. The monoisotopic (exact) mass is 290 g/mol. The van der Waals surface area contributed by atoms with E-state index >= 15 is 0 Å². The van der Waals surface area contributed by atoms with Gasteiger partial charge in [-0.25, -0.2) is 0 Å². The molecule has 3 rings (SSSR count). The van der Waals surface area contributed by atoms with Crippen molar-refractivity contribution in [2.45, 2.75) is 12.5 Å². The lowest BCUT2D eigenvalue weighted by Crippen LogP contribution is -2.58. The van der Waals surface area contributed by atoms with E-state index in [0.717, 1.165) is 13.1 Å². The van der Waals surface area contributed by atoms with E-state index in [1.165, 1.54) is 12.3 Å². The number of pyridine rings is 1. The van der Waals surface area contributed by atoms with Crippen molar-refractivity contribution in [3.63, 3.8) is 0 Å². The van der Waals surface area contributed by atoms with Crippen molar-refractivity contribution in [1.82, 2.24) is 14.8 Å². The first-order valence-electron chi connectivity index (χ1n) is 7.00. The predicted molar refractivity (Wildman–Crippen MR) is 76.8 cm³/mol. The molecule has 2 aliphatic heterocycles. The molecule has 2 fully saturated rings. The van der Waals surface area contributed by atoms with Crippen molar-refractivity contribution in [3.05, 3.63) is 28.7 Å². The third-order valence-corrected chi connectivity index (χ3v) is 4.07. The van der Waals surface area contributed by atoms with Crippen LogP contribution in [0.3, 0.4) is 0 Å².